The van der Waals surface area contributed by atoms with Gasteiger partial charge in [0.05, 0.1) is 18.2 Å². The molecule has 0 radical (unpaired) electrons. The number of nitrogens with two attached hydrogens (primary N) is 1. The lowest BCUT2D eigenvalue weighted by Crippen LogP contribution is -2.33. The van der Waals surface area contributed by atoms with Crippen LogP contribution in [-0.2, 0) is 28.3 Å². The highest BCUT2D eigenvalue weighted by atomic mass is 19.4. The van der Waals surface area contributed by atoms with E-state index in [1.54, 1.807) is 6.92 Å². The predicted molar refractivity (Wildman–Crippen MR) is 83.2 cm³/mol. The van der Waals surface area contributed by atoms with Crippen molar-refractivity contribution >= 4 is 5.97 Å². The van der Waals surface area contributed by atoms with Gasteiger partial charge in [-0.2, -0.15) is 26.3 Å². The van der Waals surface area contributed by atoms with Crippen LogP contribution in [0.5, 0.6) is 0 Å². The summed E-state index contributed by atoms with van der Waals surface area (Å²) in [5, 5.41) is 0. The fourth-order valence-corrected chi connectivity index (χ4v) is 2.83. The second-order valence-corrected chi connectivity index (χ2v) is 6.01. The molecule has 1 aromatic carbocycles. The van der Waals surface area contributed by atoms with Gasteiger partial charge >= 0.3 is 18.3 Å². The molecule has 9 heteroatoms. The first kappa shape index (κ1) is 22.3. The van der Waals surface area contributed by atoms with Gasteiger partial charge in [0.15, 0.2) is 0 Å². The Hall–Kier alpha value is -1.77. The molecule has 0 aromatic heterocycles. The summed E-state index contributed by atoms with van der Waals surface area (Å²) in [4.78, 5) is 11.4. The van der Waals surface area contributed by atoms with Crippen LogP contribution in [0.1, 0.15) is 42.9 Å². The van der Waals surface area contributed by atoms with Crippen LogP contribution in [0.2, 0.25) is 0 Å². The zero-order valence-corrected chi connectivity index (χ0v) is 14.4. The third-order valence-electron chi connectivity index (χ3n) is 4.23. The lowest BCUT2D eigenvalue weighted by molar-refractivity contribution is -0.162. The third kappa shape index (κ3) is 5.89. The van der Waals surface area contributed by atoms with E-state index in [0.717, 1.165) is 12.1 Å². The van der Waals surface area contributed by atoms with Crippen molar-refractivity contribution in [1.82, 2.24) is 0 Å². The lowest BCUT2D eigenvalue weighted by atomic mass is 9.89. The summed E-state index contributed by atoms with van der Waals surface area (Å²) in [6.45, 7) is 1.77. The Balaban J connectivity index is 3.04. The topological polar surface area (TPSA) is 52.3 Å². The SMILES string of the molecule is CCC(CCc1cccc(C(F)(F)F)c1C(F)(F)F)CC(N)C(=O)OC. The van der Waals surface area contributed by atoms with Crippen LogP contribution >= 0.6 is 0 Å². The number of carbonyl (C=O) groups is 1. The lowest BCUT2D eigenvalue weighted by Gasteiger charge is -2.21. The number of alkyl halides is 6. The summed E-state index contributed by atoms with van der Waals surface area (Å²) >= 11 is 0. The van der Waals surface area contributed by atoms with E-state index in [1.165, 1.54) is 7.11 Å². The largest absolute Gasteiger partial charge is 0.468 e. The molecule has 3 nitrogen and oxygen atoms in total. The normalized spacial score (nSPS) is 14.8. The van der Waals surface area contributed by atoms with Crippen LogP contribution in [0, 0.1) is 5.92 Å². The van der Waals surface area contributed by atoms with Crippen LogP contribution in [0.4, 0.5) is 26.3 Å². The number of esters is 1. The van der Waals surface area contributed by atoms with Crippen molar-refractivity contribution in [3.05, 3.63) is 34.9 Å². The first-order valence-electron chi connectivity index (χ1n) is 8.01. The maximum absolute atomic E-state index is 13.2. The van der Waals surface area contributed by atoms with Crippen molar-refractivity contribution in [1.29, 1.82) is 0 Å². The number of aryl methyl sites for hydroxylation is 1. The zero-order chi connectivity index (χ0) is 20.1. The van der Waals surface area contributed by atoms with Crippen molar-refractivity contribution < 1.29 is 35.9 Å². The first-order valence-corrected chi connectivity index (χ1v) is 8.01. The Kier molecular flexibility index (Phi) is 7.49. The monoisotopic (exact) mass is 385 g/mol. The van der Waals surface area contributed by atoms with E-state index in [-0.39, 0.29) is 25.2 Å². The van der Waals surface area contributed by atoms with Gasteiger partial charge in [-0.25, -0.2) is 0 Å². The minimum absolute atomic E-state index is 0.172. The standard InChI is InChI=1S/C17H21F6NO2/c1-3-10(9-13(24)15(25)26-2)7-8-11-5-4-6-12(16(18,19)20)14(11)17(21,22)23/h4-6,10,13H,3,7-9,24H2,1-2H3. The minimum Gasteiger partial charge on any atom is -0.468 e. The molecule has 2 N–H and O–H groups in total. The molecule has 0 heterocycles. The van der Waals surface area contributed by atoms with Gasteiger partial charge in [0.25, 0.3) is 0 Å². The number of hydrogen-bond donors (Lipinski definition) is 1. The number of halogens is 6. The highest BCUT2D eigenvalue weighted by molar-refractivity contribution is 5.75. The molecule has 26 heavy (non-hydrogen) atoms. The predicted octanol–water partition coefficient (Wildman–Crippen LogP) is 4.57. The molecule has 0 aliphatic carbocycles. The van der Waals surface area contributed by atoms with Gasteiger partial charge in [-0.3, -0.25) is 4.79 Å². The molecule has 0 aliphatic rings. The number of methoxy groups -OCH3 is 1. The van der Waals surface area contributed by atoms with E-state index in [9.17, 15) is 31.1 Å². The Morgan fingerprint density at radius 2 is 1.77 bits per heavy atom. The van der Waals surface area contributed by atoms with Gasteiger partial charge < -0.3 is 10.5 Å². The molecule has 1 aromatic rings. The van der Waals surface area contributed by atoms with Gasteiger partial charge in [0.1, 0.15) is 6.04 Å². The maximum Gasteiger partial charge on any atom is 0.417 e. The van der Waals surface area contributed by atoms with Gasteiger partial charge in [0.2, 0.25) is 0 Å². The molecule has 2 unspecified atom stereocenters. The van der Waals surface area contributed by atoms with E-state index in [2.05, 4.69) is 4.74 Å². The van der Waals surface area contributed by atoms with Crippen LogP contribution in [0.15, 0.2) is 18.2 Å². The average Bonchev–Trinajstić information content (AvgIpc) is 2.55. The molecule has 0 spiro atoms. The van der Waals surface area contributed by atoms with E-state index >= 15 is 0 Å². The number of rotatable bonds is 7. The molecule has 0 aliphatic heterocycles. The van der Waals surface area contributed by atoms with Crippen LogP contribution < -0.4 is 5.73 Å². The smallest absolute Gasteiger partial charge is 0.417 e. The molecule has 1 rings (SSSR count). The third-order valence-corrected chi connectivity index (χ3v) is 4.23. The summed E-state index contributed by atoms with van der Waals surface area (Å²) in [7, 11) is 1.17. The molecule has 2 atom stereocenters. The van der Waals surface area contributed by atoms with E-state index < -0.39 is 41.1 Å². The summed E-state index contributed by atoms with van der Waals surface area (Å²) < 4.78 is 83.0. The number of carbonyl (C=O) groups excluding carboxylic acids is 1. The Morgan fingerprint density at radius 3 is 2.23 bits per heavy atom. The van der Waals surface area contributed by atoms with Crippen LogP contribution in [0.25, 0.3) is 0 Å². The molecule has 148 valence electrons. The first-order chi connectivity index (χ1) is 11.9. The van der Waals surface area contributed by atoms with E-state index in [4.69, 9.17) is 5.73 Å². The number of benzene rings is 1. The average molecular weight is 385 g/mol. The minimum atomic E-state index is -5.12. The molecule has 0 fully saturated rings. The summed E-state index contributed by atoms with van der Waals surface area (Å²) in [5.41, 5.74) is 1.89. The Bertz CT molecular complexity index is 612. The number of ether oxygens (including phenoxy) is 1. The number of hydrogen-bond acceptors (Lipinski definition) is 3. The van der Waals surface area contributed by atoms with Gasteiger partial charge in [-0.05, 0) is 36.8 Å². The summed E-state index contributed by atoms with van der Waals surface area (Å²) in [6, 6.07) is 1.52. The summed E-state index contributed by atoms with van der Waals surface area (Å²) in [6.07, 6.45) is -9.55. The fraction of sp³-hybridized carbons (Fsp3) is 0.588. The van der Waals surface area contributed by atoms with Crippen molar-refractivity contribution in [2.24, 2.45) is 11.7 Å². The zero-order valence-electron chi connectivity index (χ0n) is 14.4. The highest BCUT2D eigenvalue weighted by Crippen LogP contribution is 2.42. The molecular weight excluding hydrogens is 364 g/mol. The van der Waals surface area contributed by atoms with Crippen LogP contribution in [-0.4, -0.2) is 19.1 Å². The van der Waals surface area contributed by atoms with Crippen molar-refractivity contribution in [3.63, 3.8) is 0 Å². The molecule has 0 saturated heterocycles. The van der Waals surface area contributed by atoms with Gasteiger partial charge in [-0.15, -0.1) is 0 Å². The molecular formula is C17H21F6NO2. The highest BCUT2D eigenvalue weighted by Gasteiger charge is 2.44. The molecule has 0 amide bonds. The Labute approximate surface area is 147 Å². The van der Waals surface area contributed by atoms with E-state index in [1.807, 2.05) is 0 Å². The quantitative estimate of drug-likeness (QED) is 0.552. The fourth-order valence-electron chi connectivity index (χ4n) is 2.83. The second kappa shape index (κ2) is 8.75. The summed E-state index contributed by atoms with van der Waals surface area (Å²) in [5.74, 6) is -0.863. The van der Waals surface area contributed by atoms with Gasteiger partial charge in [0, 0.05) is 0 Å². The van der Waals surface area contributed by atoms with Crippen molar-refractivity contribution in [2.45, 2.75) is 51.0 Å². The molecule has 0 bridgehead atoms. The van der Waals surface area contributed by atoms with Crippen LogP contribution in [0.3, 0.4) is 0 Å². The maximum atomic E-state index is 13.2. The molecule has 0 saturated carbocycles. The van der Waals surface area contributed by atoms with Crippen molar-refractivity contribution in [2.75, 3.05) is 7.11 Å². The second-order valence-electron chi connectivity index (χ2n) is 6.01. The van der Waals surface area contributed by atoms with Gasteiger partial charge in [-0.1, -0.05) is 25.5 Å². The Morgan fingerprint density at radius 1 is 1.15 bits per heavy atom. The van der Waals surface area contributed by atoms with E-state index in [0.29, 0.717) is 12.5 Å². The van der Waals surface area contributed by atoms with Crippen molar-refractivity contribution in [3.8, 4) is 0 Å².